The lowest BCUT2D eigenvalue weighted by Gasteiger charge is -2.09. The summed E-state index contributed by atoms with van der Waals surface area (Å²) in [4.78, 5) is 13.5. The second-order valence-corrected chi connectivity index (χ2v) is 7.06. The van der Waals surface area contributed by atoms with Gasteiger partial charge in [0.1, 0.15) is 0 Å². The Morgan fingerprint density at radius 3 is 2.28 bits per heavy atom. The van der Waals surface area contributed by atoms with Crippen molar-refractivity contribution in [1.29, 1.82) is 0 Å². The molecule has 0 radical (unpaired) electrons. The molecular weight excluding hydrogens is 354 g/mol. The summed E-state index contributed by atoms with van der Waals surface area (Å²) < 4.78 is 0. The highest BCUT2D eigenvalue weighted by Gasteiger charge is 2.08. The maximum Gasteiger partial charge on any atom is 0.161 e. The normalized spacial score (nSPS) is 10.9. The largest absolute Gasteiger partial charge is 0.264 e. The Labute approximate surface area is 169 Å². The van der Waals surface area contributed by atoms with Crippen molar-refractivity contribution in [3.63, 3.8) is 0 Å². The van der Waals surface area contributed by atoms with E-state index in [0.717, 1.165) is 22.5 Å². The van der Waals surface area contributed by atoms with Crippen LogP contribution in [0.2, 0.25) is 0 Å². The lowest BCUT2D eigenvalue weighted by molar-refractivity contribution is 1.11. The van der Waals surface area contributed by atoms with Crippen LogP contribution in [0.3, 0.4) is 0 Å². The number of rotatable bonds is 3. The molecule has 29 heavy (non-hydrogen) atoms. The predicted molar refractivity (Wildman–Crippen MR) is 118 cm³/mol. The van der Waals surface area contributed by atoms with Gasteiger partial charge in [0.2, 0.25) is 0 Å². The first-order valence-corrected chi connectivity index (χ1v) is 9.62. The van der Waals surface area contributed by atoms with Crippen molar-refractivity contribution in [2.24, 2.45) is 0 Å². The van der Waals surface area contributed by atoms with Gasteiger partial charge in [0.15, 0.2) is 5.82 Å². The van der Waals surface area contributed by atoms with Crippen molar-refractivity contribution < 1.29 is 0 Å². The average molecular weight is 373 g/mol. The number of aryl methyl sites for hydroxylation is 1. The van der Waals surface area contributed by atoms with E-state index in [1.54, 1.807) is 12.4 Å². The van der Waals surface area contributed by atoms with Gasteiger partial charge in [-0.1, -0.05) is 66.7 Å². The van der Waals surface area contributed by atoms with Crippen LogP contribution in [0.1, 0.15) is 5.69 Å². The fraction of sp³-hybridized carbons (Fsp3) is 0.0385. The molecule has 0 spiro atoms. The van der Waals surface area contributed by atoms with E-state index in [9.17, 15) is 0 Å². The molecule has 0 atom stereocenters. The molecule has 2 aromatic heterocycles. The van der Waals surface area contributed by atoms with Gasteiger partial charge in [-0.3, -0.25) is 4.98 Å². The minimum Gasteiger partial charge on any atom is -0.264 e. The van der Waals surface area contributed by atoms with Crippen molar-refractivity contribution in [3.8, 4) is 33.8 Å². The van der Waals surface area contributed by atoms with Gasteiger partial charge < -0.3 is 0 Å². The molecule has 0 saturated carbocycles. The SMILES string of the molecule is Cc1cc(-c2ccc(-c3cccc4ccccc34)cc2)nc(-c2cccnc2)n1. The first kappa shape index (κ1) is 17.3. The molecule has 3 aromatic carbocycles. The first-order valence-electron chi connectivity index (χ1n) is 9.62. The van der Waals surface area contributed by atoms with E-state index < -0.39 is 0 Å². The number of nitrogens with zero attached hydrogens (tertiary/aromatic N) is 3. The van der Waals surface area contributed by atoms with E-state index in [-0.39, 0.29) is 0 Å². The van der Waals surface area contributed by atoms with E-state index in [1.807, 2.05) is 25.1 Å². The predicted octanol–water partition coefficient (Wildman–Crippen LogP) is 6.33. The van der Waals surface area contributed by atoms with Crippen molar-refractivity contribution in [3.05, 3.63) is 103 Å². The Bertz CT molecular complexity index is 1290. The van der Waals surface area contributed by atoms with Crippen molar-refractivity contribution in [2.75, 3.05) is 0 Å². The van der Waals surface area contributed by atoms with Gasteiger partial charge in [-0.15, -0.1) is 0 Å². The molecule has 2 heterocycles. The highest BCUT2D eigenvalue weighted by Crippen LogP contribution is 2.30. The second-order valence-electron chi connectivity index (χ2n) is 7.06. The topological polar surface area (TPSA) is 38.7 Å². The molecular formula is C26H19N3. The van der Waals surface area contributed by atoms with E-state index in [4.69, 9.17) is 4.98 Å². The standard InChI is InChI=1S/C26H19N3/c1-18-16-25(29-26(28-18)22-8-5-15-27-17-22)21-13-11-20(12-14-21)24-10-4-7-19-6-2-3-9-23(19)24/h2-17H,1H3. The number of hydrogen-bond donors (Lipinski definition) is 0. The van der Waals surface area contributed by atoms with Gasteiger partial charge in [0.25, 0.3) is 0 Å². The Kier molecular flexibility index (Phi) is 4.34. The van der Waals surface area contributed by atoms with Gasteiger partial charge >= 0.3 is 0 Å². The summed E-state index contributed by atoms with van der Waals surface area (Å²) in [5, 5.41) is 2.51. The van der Waals surface area contributed by atoms with Crippen LogP contribution < -0.4 is 0 Å². The molecule has 0 saturated heterocycles. The third kappa shape index (κ3) is 3.39. The minimum absolute atomic E-state index is 0.700. The lowest BCUT2D eigenvalue weighted by atomic mass is 9.97. The fourth-order valence-corrected chi connectivity index (χ4v) is 3.64. The Morgan fingerprint density at radius 2 is 1.45 bits per heavy atom. The van der Waals surface area contributed by atoms with Crippen molar-refractivity contribution in [2.45, 2.75) is 6.92 Å². The molecule has 0 unspecified atom stereocenters. The molecule has 3 heteroatoms. The Hall–Kier alpha value is -3.85. The molecule has 0 aliphatic carbocycles. The number of fused-ring (bicyclic) bond motifs is 1. The molecule has 0 amide bonds. The number of pyridine rings is 1. The molecule has 0 N–H and O–H groups in total. The average Bonchev–Trinajstić information content (AvgIpc) is 2.79. The van der Waals surface area contributed by atoms with Gasteiger partial charge in [-0.05, 0) is 47.0 Å². The minimum atomic E-state index is 0.700. The fourth-order valence-electron chi connectivity index (χ4n) is 3.64. The maximum atomic E-state index is 4.78. The van der Waals surface area contributed by atoms with E-state index in [1.165, 1.54) is 21.9 Å². The zero-order valence-electron chi connectivity index (χ0n) is 16.1. The summed E-state index contributed by atoms with van der Waals surface area (Å²) >= 11 is 0. The van der Waals surface area contributed by atoms with Crippen molar-refractivity contribution >= 4 is 10.8 Å². The van der Waals surface area contributed by atoms with Crippen LogP contribution in [0.15, 0.2) is 97.3 Å². The second kappa shape index (κ2) is 7.28. The van der Waals surface area contributed by atoms with Crippen LogP contribution in [-0.2, 0) is 0 Å². The van der Waals surface area contributed by atoms with Crippen molar-refractivity contribution in [1.82, 2.24) is 15.0 Å². The van der Waals surface area contributed by atoms with Crippen LogP contribution in [-0.4, -0.2) is 15.0 Å². The quantitative estimate of drug-likeness (QED) is 0.371. The number of hydrogen-bond acceptors (Lipinski definition) is 3. The molecule has 0 fully saturated rings. The smallest absolute Gasteiger partial charge is 0.161 e. The number of benzene rings is 3. The Balaban J connectivity index is 1.55. The number of aromatic nitrogens is 3. The zero-order valence-corrected chi connectivity index (χ0v) is 16.1. The summed E-state index contributed by atoms with van der Waals surface area (Å²) in [6, 6.07) is 29.4. The van der Waals surface area contributed by atoms with Crippen LogP contribution in [0, 0.1) is 6.92 Å². The molecule has 5 aromatic rings. The molecule has 5 rings (SSSR count). The monoisotopic (exact) mass is 373 g/mol. The van der Waals surface area contributed by atoms with Crippen LogP contribution in [0.25, 0.3) is 44.5 Å². The lowest BCUT2D eigenvalue weighted by Crippen LogP contribution is -1.95. The zero-order chi connectivity index (χ0) is 19.6. The molecule has 0 aliphatic rings. The first-order chi connectivity index (χ1) is 14.3. The van der Waals surface area contributed by atoms with E-state index in [2.05, 4.69) is 76.7 Å². The maximum absolute atomic E-state index is 4.78. The summed E-state index contributed by atoms with van der Waals surface area (Å²) in [5.74, 6) is 0.700. The molecule has 0 bridgehead atoms. The highest BCUT2D eigenvalue weighted by molar-refractivity contribution is 5.96. The van der Waals surface area contributed by atoms with Crippen LogP contribution in [0.4, 0.5) is 0 Å². The van der Waals surface area contributed by atoms with E-state index >= 15 is 0 Å². The third-order valence-corrected chi connectivity index (χ3v) is 5.06. The summed E-state index contributed by atoms with van der Waals surface area (Å²) in [5.41, 5.74) is 6.29. The summed E-state index contributed by atoms with van der Waals surface area (Å²) in [7, 11) is 0. The van der Waals surface area contributed by atoms with Gasteiger partial charge in [-0.25, -0.2) is 9.97 Å². The molecule has 3 nitrogen and oxygen atoms in total. The third-order valence-electron chi connectivity index (χ3n) is 5.06. The van der Waals surface area contributed by atoms with Gasteiger partial charge in [0.05, 0.1) is 5.69 Å². The van der Waals surface area contributed by atoms with Gasteiger partial charge in [-0.2, -0.15) is 0 Å². The Morgan fingerprint density at radius 1 is 0.655 bits per heavy atom. The molecule has 138 valence electrons. The van der Waals surface area contributed by atoms with E-state index in [0.29, 0.717) is 5.82 Å². The summed E-state index contributed by atoms with van der Waals surface area (Å²) in [6.07, 6.45) is 3.55. The molecule has 0 aliphatic heterocycles. The van der Waals surface area contributed by atoms with Gasteiger partial charge in [0, 0.05) is 29.2 Å². The summed E-state index contributed by atoms with van der Waals surface area (Å²) in [6.45, 7) is 2.00. The van der Waals surface area contributed by atoms with Crippen LogP contribution >= 0.6 is 0 Å². The highest BCUT2D eigenvalue weighted by atomic mass is 14.9. The van der Waals surface area contributed by atoms with Crippen LogP contribution in [0.5, 0.6) is 0 Å².